The van der Waals surface area contributed by atoms with Gasteiger partial charge in [0, 0.05) is 5.41 Å². The summed E-state index contributed by atoms with van der Waals surface area (Å²) < 4.78 is 0. The highest BCUT2D eigenvalue weighted by Crippen LogP contribution is 2.43. The van der Waals surface area contributed by atoms with Gasteiger partial charge in [0.15, 0.2) is 0 Å². The smallest absolute Gasteiger partial charge is 0.0195 e. The second kappa shape index (κ2) is 6.22. The standard InChI is InChI=1S/C21H30/c1-15(2)18-10-11-20(19(14-18)16(3)4)21(17(5)6)12-8-7-9-13-21/h7-12,14-17H,13H2,1-6H3. The average Bonchev–Trinajstić information content (AvgIpc) is 2.47. The average molecular weight is 282 g/mol. The molecule has 0 saturated carbocycles. The summed E-state index contributed by atoms with van der Waals surface area (Å²) in [7, 11) is 0. The summed E-state index contributed by atoms with van der Waals surface area (Å²) in [5, 5.41) is 0. The van der Waals surface area contributed by atoms with E-state index in [0.717, 1.165) is 6.42 Å². The first-order chi connectivity index (χ1) is 9.88. The maximum absolute atomic E-state index is 2.45. The molecule has 1 aliphatic carbocycles. The van der Waals surface area contributed by atoms with Gasteiger partial charge in [-0.3, -0.25) is 0 Å². The summed E-state index contributed by atoms with van der Waals surface area (Å²) in [4.78, 5) is 0. The molecule has 1 unspecified atom stereocenters. The SMILES string of the molecule is CC(C)c1ccc(C2(C(C)C)C=CC=CC2)c(C(C)C)c1. The fourth-order valence-electron chi connectivity index (χ4n) is 3.42. The van der Waals surface area contributed by atoms with Crippen LogP contribution in [-0.4, -0.2) is 0 Å². The molecule has 1 aromatic rings. The van der Waals surface area contributed by atoms with E-state index in [-0.39, 0.29) is 5.41 Å². The summed E-state index contributed by atoms with van der Waals surface area (Å²) in [6.07, 6.45) is 10.3. The zero-order valence-corrected chi connectivity index (χ0v) is 14.5. The van der Waals surface area contributed by atoms with Gasteiger partial charge in [-0.2, -0.15) is 0 Å². The van der Waals surface area contributed by atoms with E-state index in [4.69, 9.17) is 0 Å². The molecule has 1 aromatic carbocycles. The topological polar surface area (TPSA) is 0 Å². The second-order valence-electron chi connectivity index (χ2n) is 7.34. The van der Waals surface area contributed by atoms with Crippen LogP contribution in [0.25, 0.3) is 0 Å². The first kappa shape index (κ1) is 16.1. The van der Waals surface area contributed by atoms with E-state index in [9.17, 15) is 0 Å². The van der Waals surface area contributed by atoms with Crippen molar-refractivity contribution in [1.29, 1.82) is 0 Å². The molecule has 1 atom stereocenters. The largest absolute Gasteiger partial charge is 0.0833 e. The maximum Gasteiger partial charge on any atom is 0.0195 e. The Balaban J connectivity index is 2.61. The Labute approximate surface area is 131 Å². The molecule has 0 fully saturated rings. The molecule has 2 rings (SSSR count). The van der Waals surface area contributed by atoms with E-state index in [1.807, 2.05) is 0 Å². The highest BCUT2D eigenvalue weighted by atomic mass is 14.4. The van der Waals surface area contributed by atoms with E-state index in [1.165, 1.54) is 16.7 Å². The van der Waals surface area contributed by atoms with Gasteiger partial charge >= 0.3 is 0 Å². The summed E-state index contributed by atoms with van der Waals surface area (Å²) in [6.45, 7) is 13.9. The van der Waals surface area contributed by atoms with Gasteiger partial charge in [0.05, 0.1) is 0 Å². The van der Waals surface area contributed by atoms with E-state index < -0.39 is 0 Å². The monoisotopic (exact) mass is 282 g/mol. The summed E-state index contributed by atoms with van der Waals surface area (Å²) in [6, 6.07) is 7.18. The summed E-state index contributed by atoms with van der Waals surface area (Å²) in [5.74, 6) is 1.75. The summed E-state index contributed by atoms with van der Waals surface area (Å²) in [5.41, 5.74) is 4.66. The van der Waals surface area contributed by atoms with Crippen LogP contribution in [0, 0.1) is 5.92 Å². The molecule has 0 saturated heterocycles. The van der Waals surface area contributed by atoms with Crippen LogP contribution >= 0.6 is 0 Å². The third kappa shape index (κ3) is 3.00. The molecule has 0 spiro atoms. The van der Waals surface area contributed by atoms with Crippen LogP contribution in [0.5, 0.6) is 0 Å². The number of rotatable bonds is 4. The summed E-state index contributed by atoms with van der Waals surface area (Å²) >= 11 is 0. The lowest BCUT2D eigenvalue weighted by Crippen LogP contribution is -2.32. The fourth-order valence-corrected chi connectivity index (χ4v) is 3.42. The van der Waals surface area contributed by atoms with Crippen LogP contribution in [0.1, 0.15) is 76.5 Å². The van der Waals surface area contributed by atoms with Gasteiger partial charge in [0.1, 0.15) is 0 Å². The second-order valence-corrected chi connectivity index (χ2v) is 7.34. The Morgan fingerprint density at radius 1 is 0.905 bits per heavy atom. The zero-order chi connectivity index (χ0) is 15.6. The molecule has 0 aromatic heterocycles. The lowest BCUT2D eigenvalue weighted by molar-refractivity contribution is 0.381. The molecule has 0 heteroatoms. The van der Waals surface area contributed by atoms with Gasteiger partial charge in [-0.15, -0.1) is 0 Å². The molecule has 1 aliphatic rings. The predicted molar refractivity (Wildman–Crippen MR) is 94.0 cm³/mol. The van der Waals surface area contributed by atoms with Crippen molar-refractivity contribution >= 4 is 0 Å². The molecule has 0 aliphatic heterocycles. The predicted octanol–water partition coefficient (Wildman–Crippen LogP) is 6.34. The van der Waals surface area contributed by atoms with Crippen molar-refractivity contribution < 1.29 is 0 Å². The number of allylic oxidation sites excluding steroid dienone is 4. The van der Waals surface area contributed by atoms with E-state index >= 15 is 0 Å². The highest BCUT2D eigenvalue weighted by molar-refractivity contribution is 5.45. The molecule has 0 nitrogen and oxygen atoms in total. The minimum atomic E-state index is 0.157. The molecule has 114 valence electrons. The van der Waals surface area contributed by atoms with Crippen molar-refractivity contribution in [2.24, 2.45) is 5.92 Å². The van der Waals surface area contributed by atoms with E-state index in [0.29, 0.717) is 17.8 Å². The Morgan fingerprint density at radius 3 is 2.10 bits per heavy atom. The molecule has 0 radical (unpaired) electrons. The first-order valence-electron chi connectivity index (χ1n) is 8.37. The Bertz CT molecular complexity index is 543. The van der Waals surface area contributed by atoms with Gasteiger partial charge in [0.2, 0.25) is 0 Å². The molecule has 0 amide bonds. The quantitative estimate of drug-likeness (QED) is 0.604. The van der Waals surface area contributed by atoms with E-state index in [2.05, 4.69) is 84.0 Å². The van der Waals surface area contributed by atoms with Crippen molar-refractivity contribution in [2.75, 3.05) is 0 Å². The first-order valence-corrected chi connectivity index (χ1v) is 8.37. The van der Waals surface area contributed by atoms with Gasteiger partial charge < -0.3 is 0 Å². The van der Waals surface area contributed by atoms with Crippen LogP contribution in [0.15, 0.2) is 42.5 Å². The zero-order valence-electron chi connectivity index (χ0n) is 14.5. The lowest BCUT2D eigenvalue weighted by atomic mass is 9.65. The molecule has 21 heavy (non-hydrogen) atoms. The minimum Gasteiger partial charge on any atom is -0.0833 e. The van der Waals surface area contributed by atoms with Crippen LogP contribution in [0.4, 0.5) is 0 Å². The number of benzene rings is 1. The maximum atomic E-state index is 2.45. The third-order valence-electron chi connectivity index (χ3n) is 4.99. The van der Waals surface area contributed by atoms with Crippen LogP contribution in [0.2, 0.25) is 0 Å². The van der Waals surface area contributed by atoms with Crippen molar-refractivity contribution in [1.82, 2.24) is 0 Å². The van der Waals surface area contributed by atoms with Gasteiger partial charge in [-0.05, 0) is 40.9 Å². The Kier molecular flexibility index (Phi) is 4.76. The van der Waals surface area contributed by atoms with Crippen molar-refractivity contribution in [3.05, 3.63) is 59.2 Å². The van der Waals surface area contributed by atoms with Crippen LogP contribution < -0.4 is 0 Å². The molecule has 0 bridgehead atoms. The normalized spacial score (nSPS) is 21.8. The number of hydrogen-bond donors (Lipinski definition) is 0. The van der Waals surface area contributed by atoms with Gasteiger partial charge in [-0.1, -0.05) is 84.0 Å². The van der Waals surface area contributed by atoms with Gasteiger partial charge in [0.25, 0.3) is 0 Å². The van der Waals surface area contributed by atoms with Gasteiger partial charge in [-0.25, -0.2) is 0 Å². The van der Waals surface area contributed by atoms with Crippen molar-refractivity contribution in [2.45, 2.75) is 65.2 Å². The fraction of sp³-hybridized carbons (Fsp3) is 0.524. The third-order valence-corrected chi connectivity index (χ3v) is 4.99. The highest BCUT2D eigenvalue weighted by Gasteiger charge is 2.35. The van der Waals surface area contributed by atoms with E-state index in [1.54, 1.807) is 0 Å². The molecule has 0 N–H and O–H groups in total. The van der Waals surface area contributed by atoms with Crippen LogP contribution in [-0.2, 0) is 5.41 Å². The Morgan fingerprint density at radius 2 is 1.62 bits per heavy atom. The molecular formula is C21H30. The Hall–Kier alpha value is -1.30. The minimum absolute atomic E-state index is 0.157. The number of hydrogen-bond acceptors (Lipinski definition) is 0. The lowest BCUT2D eigenvalue weighted by Gasteiger charge is -2.38. The molecular weight excluding hydrogens is 252 g/mol. The van der Waals surface area contributed by atoms with Crippen LogP contribution in [0.3, 0.4) is 0 Å². The molecule has 0 heterocycles. The van der Waals surface area contributed by atoms with Crippen molar-refractivity contribution in [3.63, 3.8) is 0 Å². The van der Waals surface area contributed by atoms with Crippen molar-refractivity contribution in [3.8, 4) is 0 Å².